The van der Waals surface area contributed by atoms with Gasteiger partial charge in [0, 0.05) is 13.1 Å². The molecule has 3 heteroatoms. The molecule has 0 bridgehead atoms. The highest BCUT2D eigenvalue weighted by molar-refractivity contribution is 5.70. The predicted octanol–water partition coefficient (Wildman–Crippen LogP) is 2.22. The van der Waals surface area contributed by atoms with E-state index in [1.165, 1.54) is 25.7 Å². The van der Waals surface area contributed by atoms with E-state index in [4.69, 9.17) is 5.11 Å². The standard InChI is InChI=1S/C12H23NO2/c1-3-11(12(14)15)9-13(2)8-10-6-4-5-7-10/h10-11H,3-9H2,1-2H3,(H,14,15). The molecule has 1 fully saturated rings. The van der Waals surface area contributed by atoms with Gasteiger partial charge in [-0.05, 0) is 32.2 Å². The molecule has 0 aromatic rings. The smallest absolute Gasteiger partial charge is 0.307 e. The van der Waals surface area contributed by atoms with Crippen molar-refractivity contribution in [1.29, 1.82) is 0 Å². The van der Waals surface area contributed by atoms with Crippen LogP contribution in [-0.4, -0.2) is 36.1 Å². The Hall–Kier alpha value is -0.570. The van der Waals surface area contributed by atoms with Crippen LogP contribution in [0.4, 0.5) is 0 Å². The van der Waals surface area contributed by atoms with Crippen LogP contribution >= 0.6 is 0 Å². The van der Waals surface area contributed by atoms with E-state index >= 15 is 0 Å². The molecule has 1 unspecified atom stereocenters. The summed E-state index contributed by atoms with van der Waals surface area (Å²) in [5.74, 6) is -0.0477. The van der Waals surface area contributed by atoms with Gasteiger partial charge in [0.15, 0.2) is 0 Å². The van der Waals surface area contributed by atoms with Gasteiger partial charge in [0.25, 0.3) is 0 Å². The minimum Gasteiger partial charge on any atom is -0.481 e. The lowest BCUT2D eigenvalue weighted by molar-refractivity contribution is -0.142. The third-order valence-corrected chi connectivity index (χ3v) is 3.42. The number of carboxylic acid groups (broad SMARTS) is 1. The van der Waals surface area contributed by atoms with Crippen LogP contribution in [0.3, 0.4) is 0 Å². The number of aliphatic carboxylic acids is 1. The van der Waals surface area contributed by atoms with Crippen LogP contribution in [0, 0.1) is 11.8 Å². The summed E-state index contributed by atoms with van der Waals surface area (Å²) >= 11 is 0. The fourth-order valence-electron chi connectivity index (χ4n) is 2.47. The first-order chi connectivity index (χ1) is 7.13. The number of rotatable bonds is 6. The van der Waals surface area contributed by atoms with Crippen LogP contribution in [0.5, 0.6) is 0 Å². The third kappa shape index (κ3) is 4.20. The predicted molar refractivity (Wildman–Crippen MR) is 60.9 cm³/mol. The quantitative estimate of drug-likeness (QED) is 0.735. The van der Waals surface area contributed by atoms with Gasteiger partial charge < -0.3 is 10.0 Å². The van der Waals surface area contributed by atoms with Crippen molar-refractivity contribution >= 4 is 5.97 Å². The van der Waals surface area contributed by atoms with E-state index in [0.717, 1.165) is 18.9 Å². The number of hydrogen-bond acceptors (Lipinski definition) is 2. The Morgan fingerprint density at radius 3 is 2.53 bits per heavy atom. The average Bonchev–Trinajstić information content (AvgIpc) is 2.66. The summed E-state index contributed by atoms with van der Waals surface area (Å²) in [4.78, 5) is 13.1. The summed E-state index contributed by atoms with van der Waals surface area (Å²) in [6.45, 7) is 3.72. The Morgan fingerprint density at radius 2 is 2.07 bits per heavy atom. The minimum absolute atomic E-state index is 0.198. The monoisotopic (exact) mass is 213 g/mol. The first-order valence-corrected chi connectivity index (χ1v) is 6.04. The van der Waals surface area contributed by atoms with Crippen molar-refractivity contribution < 1.29 is 9.90 Å². The van der Waals surface area contributed by atoms with Crippen molar-refractivity contribution in [3.8, 4) is 0 Å². The Labute approximate surface area is 92.5 Å². The van der Waals surface area contributed by atoms with Gasteiger partial charge in [-0.2, -0.15) is 0 Å². The molecule has 1 N–H and O–H groups in total. The summed E-state index contributed by atoms with van der Waals surface area (Å²) in [6, 6.07) is 0. The van der Waals surface area contributed by atoms with E-state index in [9.17, 15) is 4.79 Å². The molecular weight excluding hydrogens is 190 g/mol. The summed E-state index contributed by atoms with van der Waals surface area (Å²) in [5, 5.41) is 8.96. The summed E-state index contributed by atoms with van der Waals surface area (Å²) < 4.78 is 0. The molecular formula is C12H23NO2. The van der Waals surface area contributed by atoms with Gasteiger partial charge in [-0.3, -0.25) is 4.79 Å². The molecule has 1 atom stereocenters. The minimum atomic E-state index is -0.657. The van der Waals surface area contributed by atoms with Gasteiger partial charge >= 0.3 is 5.97 Å². The second-order valence-corrected chi connectivity index (χ2v) is 4.82. The maximum atomic E-state index is 10.9. The average molecular weight is 213 g/mol. The van der Waals surface area contributed by atoms with Crippen LogP contribution in [0.25, 0.3) is 0 Å². The summed E-state index contributed by atoms with van der Waals surface area (Å²) in [5.41, 5.74) is 0. The maximum absolute atomic E-state index is 10.9. The van der Waals surface area contributed by atoms with Crippen LogP contribution in [0.1, 0.15) is 39.0 Å². The molecule has 88 valence electrons. The fraction of sp³-hybridized carbons (Fsp3) is 0.917. The first kappa shape index (κ1) is 12.5. The van der Waals surface area contributed by atoms with E-state index in [-0.39, 0.29) is 5.92 Å². The van der Waals surface area contributed by atoms with Crippen molar-refractivity contribution in [3.05, 3.63) is 0 Å². The third-order valence-electron chi connectivity index (χ3n) is 3.42. The van der Waals surface area contributed by atoms with Gasteiger partial charge in [-0.1, -0.05) is 19.8 Å². The lowest BCUT2D eigenvalue weighted by atomic mass is 10.0. The summed E-state index contributed by atoms with van der Waals surface area (Å²) in [7, 11) is 2.05. The van der Waals surface area contributed by atoms with E-state index in [0.29, 0.717) is 6.54 Å². The molecule has 1 rings (SSSR count). The Bertz CT molecular complexity index is 200. The Kier molecular flexibility index (Phi) is 5.09. The van der Waals surface area contributed by atoms with Crippen molar-refractivity contribution in [2.24, 2.45) is 11.8 Å². The van der Waals surface area contributed by atoms with Gasteiger partial charge in [-0.15, -0.1) is 0 Å². The van der Waals surface area contributed by atoms with Crippen LogP contribution in [0.2, 0.25) is 0 Å². The Balaban J connectivity index is 2.26. The molecule has 0 aliphatic heterocycles. The highest BCUT2D eigenvalue weighted by Crippen LogP contribution is 2.25. The van der Waals surface area contributed by atoms with Gasteiger partial charge in [-0.25, -0.2) is 0 Å². The molecule has 0 aromatic heterocycles. The number of carbonyl (C=O) groups is 1. The van der Waals surface area contributed by atoms with Gasteiger partial charge in [0.1, 0.15) is 0 Å². The van der Waals surface area contributed by atoms with Crippen LogP contribution < -0.4 is 0 Å². The molecule has 0 heterocycles. The van der Waals surface area contributed by atoms with Gasteiger partial charge in [0.2, 0.25) is 0 Å². The van der Waals surface area contributed by atoms with Crippen molar-refractivity contribution in [2.45, 2.75) is 39.0 Å². The zero-order chi connectivity index (χ0) is 11.3. The maximum Gasteiger partial charge on any atom is 0.307 e. The zero-order valence-corrected chi connectivity index (χ0v) is 9.91. The first-order valence-electron chi connectivity index (χ1n) is 6.04. The van der Waals surface area contributed by atoms with Crippen molar-refractivity contribution in [2.75, 3.05) is 20.1 Å². The molecule has 0 aromatic carbocycles. The topological polar surface area (TPSA) is 40.5 Å². The van der Waals surface area contributed by atoms with E-state index in [2.05, 4.69) is 4.90 Å². The largest absolute Gasteiger partial charge is 0.481 e. The van der Waals surface area contributed by atoms with E-state index in [1.54, 1.807) is 0 Å². The molecule has 0 radical (unpaired) electrons. The lowest BCUT2D eigenvalue weighted by Crippen LogP contribution is -2.33. The number of hydrogen-bond donors (Lipinski definition) is 1. The molecule has 15 heavy (non-hydrogen) atoms. The number of nitrogens with zero attached hydrogens (tertiary/aromatic N) is 1. The molecule has 0 saturated heterocycles. The summed E-state index contributed by atoms with van der Waals surface area (Å²) in [6.07, 6.45) is 6.09. The molecule has 1 aliphatic carbocycles. The van der Waals surface area contributed by atoms with Crippen molar-refractivity contribution in [1.82, 2.24) is 4.90 Å². The number of carboxylic acids is 1. The van der Waals surface area contributed by atoms with Crippen LogP contribution in [-0.2, 0) is 4.79 Å². The second-order valence-electron chi connectivity index (χ2n) is 4.82. The molecule has 0 amide bonds. The fourth-order valence-corrected chi connectivity index (χ4v) is 2.47. The molecule has 1 saturated carbocycles. The second kappa shape index (κ2) is 6.11. The van der Waals surface area contributed by atoms with Crippen molar-refractivity contribution in [3.63, 3.8) is 0 Å². The molecule has 1 aliphatic rings. The highest BCUT2D eigenvalue weighted by Gasteiger charge is 2.21. The SMILES string of the molecule is CCC(CN(C)CC1CCCC1)C(=O)O. The Morgan fingerprint density at radius 1 is 1.47 bits per heavy atom. The van der Waals surface area contributed by atoms with Crippen LogP contribution in [0.15, 0.2) is 0 Å². The normalized spacial score (nSPS) is 19.7. The van der Waals surface area contributed by atoms with Gasteiger partial charge in [0.05, 0.1) is 5.92 Å². The lowest BCUT2D eigenvalue weighted by Gasteiger charge is -2.23. The van der Waals surface area contributed by atoms with E-state index < -0.39 is 5.97 Å². The highest BCUT2D eigenvalue weighted by atomic mass is 16.4. The zero-order valence-electron chi connectivity index (χ0n) is 9.91. The van der Waals surface area contributed by atoms with E-state index in [1.807, 2.05) is 14.0 Å². The molecule has 3 nitrogen and oxygen atoms in total. The molecule has 0 spiro atoms.